The van der Waals surface area contributed by atoms with E-state index in [2.05, 4.69) is 0 Å². The summed E-state index contributed by atoms with van der Waals surface area (Å²) in [6.07, 6.45) is -0.481. The molecular formula is C16H25N2O3+. The van der Waals surface area contributed by atoms with Crippen molar-refractivity contribution in [2.24, 2.45) is 0 Å². The molecule has 5 heteroatoms. The summed E-state index contributed by atoms with van der Waals surface area (Å²) in [5.41, 5.74) is 1.19. The number of hydrogen-bond donors (Lipinski definition) is 2. The summed E-state index contributed by atoms with van der Waals surface area (Å²) >= 11 is 0. The Balaban J connectivity index is 1.69. The van der Waals surface area contributed by atoms with Crippen molar-refractivity contribution in [1.82, 2.24) is 4.90 Å². The summed E-state index contributed by atoms with van der Waals surface area (Å²) in [4.78, 5) is 14.4. The third-order valence-corrected chi connectivity index (χ3v) is 3.90. The number of carbonyl (C=O) groups excluding carboxylic acids is 1. The fourth-order valence-electron chi connectivity index (χ4n) is 2.56. The first kappa shape index (κ1) is 15.8. The van der Waals surface area contributed by atoms with Crippen LogP contribution in [-0.4, -0.2) is 61.3 Å². The molecule has 0 radical (unpaired) electrons. The van der Waals surface area contributed by atoms with Crippen molar-refractivity contribution in [1.29, 1.82) is 0 Å². The van der Waals surface area contributed by atoms with Gasteiger partial charge in [-0.15, -0.1) is 0 Å². The van der Waals surface area contributed by atoms with E-state index in [-0.39, 0.29) is 5.91 Å². The van der Waals surface area contributed by atoms with Gasteiger partial charge in [0.2, 0.25) is 5.91 Å². The van der Waals surface area contributed by atoms with Crippen LogP contribution in [0.2, 0.25) is 0 Å². The Morgan fingerprint density at radius 1 is 1.33 bits per heavy atom. The number of quaternary nitrogens is 1. The highest BCUT2D eigenvalue weighted by atomic mass is 16.5. The second-order valence-corrected chi connectivity index (χ2v) is 5.74. The molecule has 5 nitrogen and oxygen atoms in total. The molecular weight excluding hydrogens is 268 g/mol. The molecule has 0 spiro atoms. The van der Waals surface area contributed by atoms with Gasteiger partial charge >= 0.3 is 0 Å². The number of aliphatic hydroxyl groups is 1. The molecule has 1 aromatic carbocycles. The van der Waals surface area contributed by atoms with Crippen molar-refractivity contribution in [2.45, 2.75) is 20.0 Å². The van der Waals surface area contributed by atoms with Gasteiger partial charge in [-0.25, -0.2) is 0 Å². The molecule has 0 saturated carbocycles. The summed E-state index contributed by atoms with van der Waals surface area (Å²) in [6, 6.07) is 7.82. The summed E-state index contributed by atoms with van der Waals surface area (Å²) in [5, 5.41) is 10.1. The number of piperazine rings is 1. The van der Waals surface area contributed by atoms with E-state index in [0.29, 0.717) is 13.2 Å². The van der Waals surface area contributed by atoms with Gasteiger partial charge in [-0.1, -0.05) is 17.7 Å². The zero-order chi connectivity index (χ0) is 15.2. The minimum Gasteiger partial charge on any atom is -0.491 e. The van der Waals surface area contributed by atoms with E-state index >= 15 is 0 Å². The molecule has 1 saturated heterocycles. The monoisotopic (exact) mass is 293 g/mol. The highest BCUT2D eigenvalue weighted by molar-refractivity contribution is 5.73. The molecule has 21 heavy (non-hydrogen) atoms. The topological polar surface area (TPSA) is 54.2 Å². The van der Waals surface area contributed by atoms with Gasteiger partial charge in [0.1, 0.15) is 25.0 Å². The summed E-state index contributed by atoms with van der Waals surface area (Å²) in [6.45, 7) is 7.94. The fourth-order valence-corrected chi connectivity index (χ4v) is 2.56. The SMILES string of the molecule is CC(=O)N1CC[NH+](C[C@H](O)COc2ccc(C)cc2)CC1. The number of nitrogens with zero attached hydrogens (tertiary/aromatic N) is 1. The van der Waals surface area contributed by atoms with Crippen LogP contribution < -0.4 is 9.64 Å². The van der Waals surface area contributed by atoms with E-state index in [1.807, 2.05) is 36.1 Å². The zero-order valence-electron chi connectivity index (χ0n) is 12.8. The first-order valence-electron chi connectivity index (χ1n) is 7.51. The van der Waals surface area contributed by atoms with Gasteiger partial charge in [-0.3, -0.25) is 4.79 Å². The second-order valence-electron chi connectivity index (χ2n) is 5.74. The molecule has 1 heterocycles. The Labute approximate surface area is 126 Å². The van der Waals surface area contributed by atoms with E-state index in [1.165, 1.54) is 10.5 Å². The smallest absolute Gasteiger partial charge is 0.219 e. The third kappa shape index (κ3) is 5.02. The molecule has 0 aromatic heterocycles. The van der Waals surface area contributed by atoms with E-state index in [9.17, 15) is 9.90 Å². The molecule has 2 N–H and O–H groups in total. The first-order chi connectivity index (χ1) is 10.0. The molecule has 0 aliphatic carbocycles. The summed E-state index contributed by atoms with van der Waals surface area (Å²) in [7, 11) is 0. The van der Waals surface area contributed by atoms with Gasteiger partial charge in [0.25, 0.3) is 0 Å². The standard InChI is InChI=1S/C16H24N2O3/c1-13-3-5-16(6-4-13)21-12-15(20)11-17-7-9-18(10-8-17)14(2)19/h3-6,15,20H,7-12H2,1-2H3/p+1/t15-/m0/s1. The van der Waals surface area contributed by atoms with E-state index in [4.69, 9.17) is 4.74 Å². The first-order valence-corrected chi connectivity index (χ1v) is 7.51. The number of amides is 1. The molecule has 1 amide bonds. The Morgan fingerprint density at radius 3 is 2.52 bits per heavy atom. The molecule has 116 valence electrons. The van der Waals surface area contributed by atoms with Crippen molar-refractivity contribution < 1.29 is 19.5 Å². The van der Waals surface area contributed by atoms with Crippen LogP contribution in [0.1, 0.15) is 12.5 Å². The van der Waals surface area contributed by atoms with Gasteiger partial charge in [-0.2, -0.15) is 0 Å². The Morgan fingerprint density at radius 2 is 1.95 bits per heavy atom. The van der Waals surface area contributed by atoms with Crippen molar-refractivity contribution >= 4 is 5.91 Å². The normalized spacial score (nSPS) is 17.6. The minimum atomic E-state index is -0.481. The highest BCUT2D eigenvalue weighted by Crippen LogP contribution is 2.11. The number of carbonyl (C=O) groups is 1. The van der Waals surface area contributed by atoms with Gasteiger partial charge in [0, 0.05) is 6.92 Å². The largest absolute Gasteiger partial charge is 0.491 e. The lowest BCUT2D eigenvalue weighted by atomic mass is 10.2. The van der Waals surface area contributed by atoms with Gasteiger partial charge in [0.05, 0.1) is 26.2 Å². The molecule has 1 aliphatic heterocycles. The van der Waals surface area contributed by atoms with Crippen LogP contribution in [0.5, 0.6) is 5.75 Å². The summed E-state index contributed by atoms with van der Waals surface area (Å²) in [5.74, 6) is 0.924. The summed E-state index contributed by atoms with van der Waals surface area (Å²) < 4.78 is 5.60. The van der Waals surface area contributed by atoms with Crippen molar-refractivity contribution in [3.8, 4) is 5.75 Å². The predicted octanol–water partition coefficient (Wildman–Crippen LogP) is -0.518. The number of ether oxygens (including phenoxy) is 1. The van der Waals surface area contributed by atoms with Gasteiger partial charge in [0.15, 0.2) is 0 Å². The second kappa shape index (κ2) is 7.43. The molecule has 0 unspecified atom stereocenters. The molecule has 1 aliphatic rings. The molecule has 1 atom stereocenters. The van der Waals surface area contributed by atoms with Crippen LogP contribution in [0.4, 0.5) is 0 Å². The average Bonchev–Trinajstić information content (AvgIpc) is 2.47. The quantitative estimate of drug-likeness (QED) is 0.768. The van der Waals surface area contributed by atoms with E-state index < -0.39 is 6.10 Å². The van der Waals surface area contributed by atoms with Crippen LogP contribution >= 0.6 is 0 Å². The van der Waals surface area contributed by atoms with Gasteiger partial charge in [-0.05, 0) is 19.1 Å². The Hall–Kier alpha value is -1.59. The lowest BCUT2D eigenvalue weighted by Gasteiger charge is -2.32. The van der Waals surface area contributed by atoms with Crippen LogP contribution in [0.15, 0.2) is 24.3 Å². The van der Waals surface area contributed by atoms with E-state index in [1.54, 1.807) is 6.92 Å². The third-order valence-electron chi connectivity index (χ3n) is 3.90. The highest BCUT2D eigenvalue weighted by Gasteiger charge is 2.23. The van der Waals surface area contributed by atoms with Crippen molar-refractivity contribution in [3.05, 3.63) is 29.8 Å². The van der Waals surface area contributed by atoms with Crippen LogP contribution in [0, 0.1) is 6.92 Å². The number of aryl methyl sites for hydroxylation is 1. The number of benzene rings is 1. The number of rotatable bonds is 5. The number of aliphatic hydroxyl groups excluding tert-OH is 1. The minimum absolute atomic E-state index is 0.136. The molecule has 1 fully saturated rings. The fraction of sp³-hybridized carbons (Fsp3) is 0.562. The molecule has 2 rings (SSSR count). The maximum atomic E-state index is 11.3. The van der Waals surface area contributed by atoms with Crippen molar-refractivity contribution in [3.63, 3.8) is 0 Å². The lowest BCUT2D eigenvalue weighted by molar-refractivity contribution is -0.907. The Bertz CT molecular complexity index is 453. The number of nitrogens with one attached hydrogen (secondary N) is 1. The number of hydrogen-bond acceptors (Lipinski definition) is 3. The van der Waals surface area contributed by atoms with Crippen LogP contribution in [-0.2, 0) is 4.79 Å². The molecule has 0 bridgehead atoms. The van der Waals surface area contributed by atoms with Crippen LogP contribution in [0.25, 0.3) is 0 Å². The van der Waals surface area contributed by atoms with Crippen molar-refractivity contribution in [2.75, 3.05) is 39.3 Å². The van der Waals surface area contributed by atoms with Gasteiger partial charge < -0.3 is 19.6 Å². The lowest BCUT2D eigenvalue weighted by Crippen LogP contribution is -3.15. The van der Waals surface area contributed by atoms with E-state index in [0.717, 1.165) is 31.9 Å². The Kier molecular flexibility index (Phi) is 5.59. The zero-order valence-corrected chi connectivity index (χ0v) is 12.8. The maximum absolute atomic E-state index is 11.3. The van der Waals surface area contributed by atoms with Crippen LogP contribution in [0.3, 0.4) is 0 Å². The molecule has 1 aromatic rings. The predicted molar refractivity (Wildman–Crippen MR) is 80.5 cm³/mol. The average molecular weight is 293 g/mol. The maximum Gasteiger partial charge on any atom is 0.219 e.